The van der Waals surface area contributed by atoms with E-state index in [1.54, 1.807) is 11.1 Å². The Hall–Kier alpha value is -1.33. The predicted molar refractivity (Wildman–Crippen MR) is 141 cm³/mol. The Labute approximate surface area is 209 Å². The molecule has 2 aromatic carbocycles. The van der Waals surface area contributed by atoms with Crippen LogP contribution in [0.1, 0.15) is 106 Å². The van der Waals surface area contributed by atoms with Crippen LogP contribution < -0.4 is 0 Å². The minimum absolute atomic E-state index is 0.181. The maximum absolute atomic E-state index is 2.61. The molecule has 0 radical (unpaired) electrons. The molecular weight excluding hydrogens is 476 g/mol. The SMILES string of the molecule is CC(C)(C)c1ccc2c(c1)[CH]([Zr]([C]1=CC=CC1)=[C]1CCCCC1)c1cc(C(C)(C)C)ccc1-2. The Bertz CT molecular complexity index is 1100. The van der Waals surface area contributed by atoms with E-state index in [-0.39, 0.29) is 10.8 Å². The van der Waals surface area contributed by atoms with Crippen molar-refractivity contribution in [3.8, 4) is 11.1 Å². The third-order valence-electron chi connectivity index (χ3n) is 7.99. The molecule has 0 aromatic heterocycles. The van der Waals surface area contributed by atoms with Crippen molar-refractivity contribution in [2.45, 2.75) is 94.5 Å². The first-order valence-electron chi connectivity index (χ1n) is 13.0. The van der Waals surface area contributed by atoms with Gasteiger partial charge in [-0.05, 0) is 0 Å². The fraction of sp³-hybridized carbons (Fsp3) is 0.469. The number of hydrogen-bond donors (Lipinski definition) is 0. The zero-order valence-corrected chi connectivity index (χ0v) is 24.0. The van der Waals surface area contributed by atoms with Crippen molar-refractivity contribution in [3.05, 3.63) is 80.2 Å². The van der Waals surface area contributed by atoms with Crippen molar-refractivity contribution in [1.82, 2.24) is 0 Å². The van der Waals surface area contributed by atoms with E-state index in [9.17, 15) is 0 Å². The summed E-state index contributed by atoms with van der Waals surface area (Å²) in [5, 5.41) is 0. The predicted octanol–water partition coefficient (Wildman–Crippen LogP) is 8.95. The molecule has 0 unspecified atom stereocenters. The molecule has 0 bridgehead atoms. The van der Waals surface area contributed by atoms with E-state index in [1.165, 1.54) is 60.8 Å². The Kier molecular flexibility index (Phi) is 6.18. The third-order valence-corrected chi connectivity index (χ3v) is 16.7. The Morgan fingerprint density at radius 2 is 1.27 bits per heavy atom. The molecule has 172 valence electrons. The monoisotopic (exact) mass is 514 g/mol. The van der Waals surface area contributed by atoms with Gasteiger partial charge in [0.2, 0.25) is 0 Å². The van der Waals surface area contributed by atoms with Crippen LogP contribution in [0.4, 0.5) is 0 Å². The van der Waals surface area contributed by atoms with Crippen LogP contribution in [0.25, 0.3) is 11.1 Å². The van der Waals surface area contributed by atoms with Crippen molar-refractivity contribution in [2.24, 2.45) is 0 Å². The van der Waals surface area contributed by atoms with Crippen molar-refractivity contribution in [3.63, 3.8) is 0 Å². The van der Waals surface area contributed by atoms with Gasteiger partial charge in [-0.3, -0.25) is 0 Å². The van der Waals surface area contributed by atoms with E-state index in [0.717, 1.165) is 0 Å². The molecule has 0 saturated heterocycles. The summed E-state index contributed by atoms with van der Waals surface area (Å²) >= 11 is -2.10. The van der Waals surface area contributed by atoms with Crippen molar-refractivity contribution in [2.75, 3.05) is 0 Å². The zero-order valence-electron chi connectivity index (χ0n) is 21.5. The number of rotatable bonds is 2. The van der Waals surface area contributed by atoms with Crippen molar-refractivity contribution >= 4 is 3.21 Å². The van der Waals surface area contributed by atoms with Gasteiger partial charge in [-0.25, -0.2) is 0 Å². The quantitative estimate of drug-likeness (QED) is 0.374. The van der Waals surface area contributed by atoms with Gasteiger partial charge in [-0.15, -0.1) is 0 Å². The van der Waals surface area contributed by atoms with Gasteiger partial charge >= 0.3 is 210 Å². The Morgan fingerprint density at radius 3 is 1.73 bits per heavy atom. The van der Waals surface area contributed by atoms with Crippen LogP contribution in [0.3, 0.4) is 0 Å². The first-order chi connectivity index (χ1) is 15.6. The number of allylic oxidation sites excluding steroid dienone is 4. The molecule has 0 heterocycles. The molecule has 5 rings (SSSR count). The molecule has 0 spiro atoms. The molecule has 1 fully saturated rings. The standard InChI is InChI=1S/C21H25.C6H10.C5H5.Zr/c1-20(2,3)16-7-9-18-14(12-16)11-15-13-17(21(4,5)6)8-10-19(15)18;1-2-4-6-5-3-1;1-2-4-5-3-1;/h7-13H,1-6H3;1-5H2;1-3H,4H2;. The number of fused-ring (bicyclic) bond motifs is 3. The normalized spacial score (nSPS) is 18.4. The molecule has 0 atom stereocenters. The van der Waals surface area contributed by atoms with Gasteiger partial charge in [0, 0.05) is 0 Å². The third kappa shape index (κ3) is 4.40. The number of benzene rings is 2. The van der Waals surface area contributed by atoms with Crippen molar-refractivity contribution < 1.29 is 21.3 Å². The minimum atomic E-state index is -2.10. The van der Waals surface area contributed by atoms with Crippen LogP contribution in [-0.4, -0.2) is 3.21 Å². The molecule has 2 aromatic rings. The summed E-state index contributed by atoms with van der Waals surface area (Å²) in [5.74, 6) is 0. The second-order valence-electron chi connectivity index (χ2n) is 12.4. The molecule has 0 amide bonds. The van der Waals surface area contributed by atoms with E-state index in [2.05, 4.69) is 96.2 Å². The summed E-state index contributed by atoms with van der Waals surface area (Å²) in [6.07, 6.45) is 15.5. The second kappa shape index (κ2) is 8.71. The molecule has 0 nitrogen and oxygen atoms in total. The fourth-order valence-electron chi connectivity index (χ4n) is 6.02. The van der Waals surface area contributed by atoms with Crippen LogP contribution >= 0.6 is 0 Å². The fourth-order valence-corrected chi connectivity index (χ4v) is 15.5. The van der Waals surface area contributed by atoms with Gasteiger partial charge in [0.05, 0.1) is 0 Å². The van der Waals surface area contributed by atoms with Crippen molar-refractivity contribution in [1.29, 1.82) is 0 Å². The Balaban J connectivity index is 1.78. The molecule has 0 N–H and O–H groups in total. The van der Waals surface area contributed by atoms with Gasteiger partial charge in [0.25, 0.3) is 0 Å². The number of hydrogen-bond acceptors (Lipinski definition) is 0. The van der Waals surface area contributed by atoms with Gasteiger partial charge in [0.1, 0.15) is 0 Å². The zero-order chi connectivity index (χ0) is 23.4. The first-order valence-corrected chi connectivity index (χ1v) is 16.9. The summed E-state index contributed by atoms with van der Waals surface area (Å²) < 4.78 is 4.48. The Morgan fingerprint density at radius 1 is 0.727 bits per heavy atom. The van der Waals surface area contributed by atoms with E-state index >= 15 is 0 Å². The summed E-state index contributed by atoms with van der Waals surface area (Å²) in [7, 11) is 0. The average molecular weight is 516 g/mol. The van der Waals surface area contributed by atoms with Gasteiger partial charge in [-0.2, -0.15) is 0 Å². The topological polar surface area (TPSA) is 0 Å². The average Bonchev–Trinajstić information content (AvgIpc) is 3.40. The summed E-state index contributed by atoms with van der Waals surface area (Å²) in [4.78, 5) is 0. The maximum atomic E-state index is 2.61. The molecular formula is C32H40Zr. The van der Waals surface area contributed by atoms with Crippen LogP contribution in [0.2, 0.25) is 0 Å². The van der Waals surface area contributed by atoms with Gasteiger partial charge in [-0.1, -0.05) is 0 Å². The summed E-state index contributed by atoms with van der Waals surface area (Å²) in [6, 6.07) is 14.9. The van der Waals surface area contributed by atoms with E-state index in [1.807, 2.05) is 6.49 Å². The molecule has 1 heteroatoms. The van der Waals surface area contributed by atoms with Crippen LogP contribution in [0.15, 0.2) is 57.9 Å². The van der Waals surface area contributed by atoms with E-state index < -0.39 is 21.3 Å². The molecule has 3 aliphatic rings. The second-order valence-corrected chi connectivity index (χ2v) is 19.2. The van der Waals surface area contributed by atoms with E-state index in [0.29, 0.717) is 3.63 Å². The van der Waals surface area contributed by atoms with Gasteiger partial charge in [0.15, 0.2) is 0 Å². The summed E-state index contributed by atoms with van der Waals surface area (Å²) in [6.45, 7) is 14.2. The molecule has 1 saturated carbocycles. The van der Waals surface area contributed by atoms with E-state index in [4.69, 9.17) is 0 Å². The molecule has 3 aliphatic carbocycles. The van der Waals surface area contributed by atoms with Gasteiger partial charge < -0.3 is 0 Å². The summed E-state index contributed by atoms with van der Waals surface area (Å²) in [5.41, 5.74) is 9.69. The van der Waals surface area contributed by atoms with Crippen LogP contribution in [0.5, 0.6) is 0 Å². The molecule has 0 aliphatic heterocycles. The molecule has 33 heavy (non-hydrogen) atoms. The van der Waals surface area contributed by atoms with Crippen LogP contribution in [-0.2, 0) is 32.1 Å². The first kappa shape index (κ1) is 23.4. The van der Waals surface area contributed by atoms with Crippen LogP contribution in [0, 0.1) is 0 Å².